The fourth-order valence-electron chi connectivity index (χ4n) is 3.41. The molecule has 0 saturated carbocycles. The van der Waals surface area contributed by atoms with E-state index in [1.165, 1.54) is 12.1 Å². The molecule has 1 aliphatic heterocycles. The maximum Gasteiger partial charge on any atom is 0.257 e. The number of aromatic amines is 1. The van der Waals surface area contributed by atoms with Crippen LogP contribution in [0, 0.1) is 5.82 Å². The largest absolute Gasteiger partial charge is 0.330 e. The van der Waals surface area contributed by atoms with Crippen LogP contribution in [0.2, 0.25) is 0 Å². The van der Waals surface area contributed by atoms with Crippen molar-refractivity contribution in [1.82, 2.24) is 20.1 Å². The Morgan fingerprint density at radius 1 is 1.20 bits per heavy atom. The number of hydrogen-bond acceptors (Lipinski definition) is 3. The molecule has 1 fully saturated rings. The maximum atomic E-state index is 14.0. The van der Waals surface area contributed by atoms with Gasteiger partial charge in [0.2, 0.25) is 0 Å². The number of carbonyl (C=O) groups is 1. The SMILES string of the molecule is O=C(c1ccccc1F)N1CCC[C@@H]1c1[nH]ncc1-c1ccncc1. The molecule has 6 heteroatoms. The minimum absolute atomic E-state index is 0.111. The Hall–Kier alpha value is -3.02. The quantitative estimate of drug-likeness (QED) is 0.795. The molecule has 0 unspecified atom stereocenters. The molecular formula is C19H17FN4O. The lowest BCUT2D eigenvalue weighted by Gasteiger charge is -2.25. The molecule has 0 spiro atoms. The first-order valence-electron chi connectivity index (χ1n) is 8.25. The zero-order chi connectivity index (χ0) is 17.2. The fraction of sp³-hybridized carbons (Fsp3) is 0.211. The van der Waals surface area contributed by atoms with Crippen LogP contribution in [0.25, 0.3) is 11.1 Å². The highest BCUT2D eigenvalue weighted by molar-refractivity contribution is 5.95. The van der Waals surface area contributed by atoms with Crippen LogP contribution >= 0.6 is 0 Å². The van der Waals surface area contributed by atoms with Crippen LogP contribution in [0.5, 0.6) is 0 Å². The number of nitrogens with one attached hydrogen (secondary N) is 1. The van der Waals surface area contributed by atoms with Crippen molar-refractivity contribution in [3.63, 3.8) is 0 Å². The third kappa shape index (κ3) is 2.80. The second-order valence-electron chi connectivity index (χ2n) is 6.07. The molecule has 5 nitrogen and oxygen atoms in total. The summed E-state index contributed by atoms with van der Waals surface area (Å²) in [6, 6.07) is 9.79. The number of H-pyrrole nitrogens is 1. The van der Waals surface area contributed by atoms with Gasteiger partial charge in [-0.2, -0.15) is 5.10 Å². The normalized spacial score (nSPS) is 17.0. The minimum atomic E-state index is -0.489. The van der Waals surface area contributed by atoms with E-state index >= 15 is 0 Å². The molecule has 1 amide bonds. The van der Waals surface area contributed by atoms with Crippen molar-refractivity contribution < 1.29 is 9.18 Å². The summed E-state index contributed by atoms with van der Waals surface area (Å²) >= 11 is 0. The standard InChI is InChI=1S/C19H17FN4O/c20-16-5-2-1-4-14(16)19(25)24-11-3-6-17(24)18-15(12-22-23-18)13-7-9-21-10-8-13/h1-2,4-5,7-10,12,17H,3,6,11H2,(H,22,23)/t17-/m1/s1. The zero-order valence-corrected chi connectivity index (χ0v) is 13.5. The van der Waals surface area contributed by atoms with E-state index in [0.29, 0.717) is 6.54 Å². The summed E-state index contributed by atoms with van der Waals surface area (Å²) in [4.78, 5) is 18.6. The predicted molar refractivity (Wildman–Crippen MR) is 91.2 cm³/mol. The summed E-state index contributed by atoms with van der Waals surface area (Å²) in [6.45, 7) is 0.604. The number of halogens is 1. The topological polar surface area (TPSA) is 61.9 Å². The number of amides is 1. The van der Waals surface area contributed by atoms with E-state index in [-0.39, 0.29) is 17.5 Å². The average molecular weight is 336 g/mol. The molecular weight excluding hydrogens is 319 g/mol. The Balaban J connectivity index is 1.69. The number of hydrogen-bond donors (Lipinski definition) is 1. The van der Waals surface area contributed by atoms with Gasteiger partial charge in [-0.05, 0) is 42.7 Å². The molecule has 4 rings (SSSR count). The van der Waals surface area contributed by atoms with E-state index in [0.717, 1.165) is 29.7 Å². The third-order valence-corrected chi connectivity index (χ3v) is 4.61. The van der Waals surface area contributed by atoms with Crippen LogP contribution in [0.4, 0.5) is 4.39 Å². The number of nitrogens with zero attached hydrogens (tertiary/aromatic N) is 3. The molecule has 126 valence electrons. The zero-order valence-electron chi connectivity index (χ0n) is 13.5. The van der Waals surface area contributed by atoms with Gasteiger partial charge < -0.3 is 4.90 Å². The second kappa shape index (κ2) is 6.47. The van der Waals surface area contributed by atoms with Gasteiger partial charge in [0, 0.05) is 24.5 Å². The lowest BCUT2D eigenvalue weighted by atomic mass is 10.0. The summed E-state index contributed by atoms with van der Waals surface area (Å²) in [5, 5.41) is 7.21. The van der Waals surface area contributed by atoms with E-state index in [2.05, 4.69) is 15.2 Å². The van der Waals surface area contributed by atoms with Crippen LogP contribution in [0.15, 0.2) is 55.0 Å². The van der Waals surface area contributed by atoms with Gasteiger partial charge in [-0.15, -0.1) is 0 Å². The van der Waals surface area contributed by atoms with Crippen molar-refractivity contribution in [3.8, 4) is 11.1 Å². The summed E-state index contributed by atoms with van der Waals surface area (Å²) in [7, 11) is 0. The maximum absolute atomic E-state index is 14.0. The molecule has 2 aromatic heterocycles. The Morgan fingerprint density at radius 3 is 2.80 bits per heavy atom. The first kappa shape index (κ1) is 15.5. The molecule has 0 aliphatic carbocycles. The first-order chi connectivity index (χ1) is 12.3. The van der Waals surface area contributed by atoms with E-state index in [4.69, 9.17) is 0 Å². The van der Waals surface area contributed by atoms with Gasteiger partial charge in [0.1, 0.15) is 5.82 Å². The van der Waals surface area contributed by atoms with E-state index < -0.39 is 5.82 Å². The Morgan fingerprint density at radius 2 is 2.00 bits per heavy atom. The minimum Gasteiger partial charge on any atom is -0.330 e. The van der Waals surface area contributed by atoms with Gasteiger partial charge in [0.05, 0.1) is 23.5 Å². The van der Waals surface area contributed by atoms with Crippen molar-refractivity contribution in [2.75, 3.05) is 6.54 Å². The number of likely N-dealkylation sites (tertiary alicyclic amines) is 1. The van der Waals surface area contributed by atoms with Crippen LogP contribution < -0.4 is 0 Å². The fourth-order valence-corrected chi connectivity index (χ4v) is 3.41. The molecule has 3 aromatic rings. The van der Waals surface area contributed by atoms with E-state index in [1.807, 2.05) is 12.1 Å². The van der Waals surface area contributed by atoms with Crippen molar-refractivity contribution in [3.05, 3.63) is 72.1 Å². The monoisotopic (exact) mass is 336 g/mol. The molecule has 1 N–H and O–H groups in total. The van der Waals surface area contributed by atoms with Gasteiger partial charge in [-0.25, -0.2) is 4.39 Å². The first-order valence-corrected chi connectivity index (χ1v) is 8.25. The summed E-state index contributed by atoms with van der Waals surface area (Å²) in [6.07, 6.45) is 6.90. The van der Waals surface area contributed by atoms with Crippen LogP contribution in [0.3, 0.4) is 0 Å². The van der Waals surface area contributed by atoms with Crippen LogP contribution in [0.1, 0.15) is 34.9 Å². The van der Waals surface area contributed by atoms with Crippen LogP contribution in [-0.4, -0.2) is 32.5 Å². The number of rotatable bonds is 3. The highest BCUT2D eigenvalue weighted by Crippen LogP contribution is 2.37. The molecule has 1 aromatic carbocycles. The van der Waals surface area contributed by atoms with Gasteiger partial charge >= 0.3 is 0 Å². The van der Waals surface area contributed by atoms with Crippen LogP contribution in [-0.2, 0) is 0 Å². The Kier molecular flexibility index (Phi) is 4.01. The molecule has 1 saturated heterocycles. The smallest absolute Gasteiger partial charge is 0.257 e. The summed E-state index contributed by atoms with van der Waals surface area (Å²) in [5.41, 5.74) is 2.93. The third-order valence-electron chi connectivity index (χ3n) is 4.61. The molecule has 0 bridgehead atoms. The number of aromatic nitrogens is 3. The lowest BCUT2D eigenvalue weighted by Crippen LogP contribution is -2.31. The van der Waals surface area contributed by atoms with Crippen molar-refractivity contribution >= 4 is 5.91 Å². The summed E-state index contributed by atoms with van der Waals surface area (Å²) in [5.74, 6) is -0.770. The van der Waals surface area contributed by atoms with Gasteiger partial charge in [0.25, 0.3) is 5.91 Å². The number of benzene rings is 1. The number of carbonyl (C=O) groups excluding carboxylic acids is 1. The van der Waals surface area contributed by atoms with Gasteiger partial charge in [-0.1, -0.05) is 12.1 Å². The highest BCUT2D eigenvalue weighted by Gasteiger charge is 2.34. The summed E-state index contributed by atoms with van der Waals surface area (Å²) < 4.78 is 14.0. The van der Waals surface area contributed by atoms with E-state index in [1.54, 1.807) is 35.6 Å². The Labute approximate surface area is 144 Å². The molecule has 25 heavy (non-hydrogen) atoms. The molecule has 3 heterocycles. The van der Waals surface area contributed by atoms with Crippen molar-refractivity contribution in [2.24, 2.45) is 0 Å². The average Bonchev–Trinajstić information content (AvgIpc) is 3.31. The van der Waals surface area contributed by atoms with E-state index in [9.17, 15) is 9.18 Å². The molecule has 1 aliphatic rings. The second-order valence-corrected chi connectivity index (χ2v) is 6.07. The van der Waals surface area contributed by atoms with Crippen molar-refractivity contribution in [1.29, 1.82) is 0 Å². The molecule has 0 radical (unpaired) electrons. The number of pyridine rings is 1. The molecule has 1 atom stereocenters. The van der Waals surface area contributed by atoms with Crippen molar-refractivity contribution in [2.45, 2.75) is 18.9 Å². The predicted octanol–water partition coefficient (Wildman–Crippen LogP) is 3.59. The Bertz CT molecular complexity index is 893. The lowest BCUT2D eigenvalue weighted by molar-refractivity contribution is 0.0728. The van der Waals surface area contributed by atoms with Gasteiger partial charge in [-0.3, -0.25) is 14.9 Å². The van der Waals surface area contributed by atoms with Gasteiger partial charge in [0.15, 0.2) is 0 Å². The highest BCUT2D eigenvalue weighted by atomic mass is 19.1.